The van der Waals surface area contributed by atoms with Crippen molar-refractivity contribution in [2.75, 3.05) is 5.73 Å². The number of carbonyl (C=O) groups excluding carboxylic acids is 1. The number of halogens is 3. The van der Waals surface area contributed by atoms with Crippen LogP contribution >= 0.6 is 0 Å². The van der Waals surface area contributed by atoms with Crippen LogP contribution in [-0.2, 0) is 6.54 Å². The number of hydrogen-bond donors (Lipinski definition) is 2. The molecule has 3 heterocycles. The molecule has 0 bridgehead atoms. The summed E-state index contributed by atoms with van der Waals surface area (Å²) in [4.78, 5) is 16.8. The maximum absolute atomic E-state index is 13.2. The lowest BCUT2D eigenvalue weighted by atomic mass is 10.1. The summed E-state index contributed by atoms with van der Waals surface area (Å²) < 4.78 is 42.5. The monoisotopic (exact) mass is 443 g/mol. The van der Waals surface area contributed by atoms with Gasteiger partial charge in [-0.2, -0.15) is 23.3 Å². The second kappa shape index (κ2) is 8.33. The number of amides is 1. The molecule has 0 saturated heterocycles. The topological polar surface area (TPSA) is 103 Å². The van der Waals surface area contributed by atoms with Crippen LogP contribution in [0.25, 0.3) is 16.8 Å². The molecule has 4 aromatic rings. The number of nitrogen functional groups attached to an aromatic ring is 1. The Morgan fingerprint density at radius 1 is 1.19 bits per heavy atom. The summed E-state index contributed by atoms with van der Waals surface area (Å²) in [5.74, 6) is -1.01. The number of nitrogens with zero attached hydrogens (tertiary/aromatic N) is 5. The third-order valence-corrected chi connectivity index (χ3v) is 4.96. The number of anilines is 1. The van der Waals surface area contributed by atoms with Gasteiger partial charge in [0.2, 0.25) is 5.95 Å². The summed E-state index contributed by atoms with van der Waals surface area (Å²) in [6.07, 6.45) is 0.119. The molecule has 0 aliphatic rings. The number of alkyl halides is 3. The quantitative estimate of drug-likeness (QED) is 0.476. The van der Waals surface area contributed by atoms with Gasteiger partial charge >= 0.3 is 6.18 Å². The van der Waals surface area contributed by atoms with Gasteiger partial charge in [0, 0.05) is 23.5 Å². The lowest BCUT2D eigenvalue weighted by Crippen LogP contribution is -2.45. The van der Waals surface area contributed by atoms with Gasteiger partial charge in [-0.25, -0.2) is 4.52 Å². The van der Waals surface area contributed by atoms with Crippen LogP contribution in [0.4, 0.5) is 19.1 Å². The van der Waals surface area contributed by atoms with Crippen LogP contribution in [0, 0.1) is 0 Å². The highest BCUT2D eigenvalue weighted by molar-refractivity contribution is 6.01. The molecule has 1 aromatic carbocycles. The molecule has 0 aliphatic heterocycles. The van der Waals surface area contributed by atoms with Gasteiger partial charge in [-0.3, -0.25) is 9.48 Å². The number of aromatic nitrogens is 5. The molecular formula is C21H20F3N7O. The van der Waals surface area contributed by atoms with Crippen molar-refractivity contribution in [1.29, 1.82) is 0 Å². The smallest absolute Gasteiger partial charge is 0.366 e. The normalized spacial score (nSPS) is 12.8. The molecular weight excluding hydrogens is 423 g/mol. The Bertz CT molecular complexity index is 1250. The first-order valence-corrected chi connectivity index (χ1v) is 9.85. The molecule has 0 fully saturated rings. The Balaban J connectivity index is 1.69. The van der Waals surface area contributed by atoms with Gasteiger partial charge in [0.15, 0.2) is 5.65 Å². The van der Waals surface area contributed by atoms with Crippen LogP contribution in [0.3, 0.4) is 0 Å². The van der Waals surface area contributed by atoms with Crippen molar-refractivity contribution >= 4 is 17.5 Å². The second-order valence-electron chi connectivity index (χ2n) is 7.27. The maximum Gasteiger partial charge on any atom is 0.408 e. The van der Waals surface area contributed by atoms with Crippen molar-refractivity contribution in [2.24, 2.45) is 0 Å². The van der Waals surface area contributed by atoms with Crippen LogP contribution in [-0.4, -0.2) is 42.5 Å². The van der Waals surface area contributed by atoms with E-state index in [1.54, 1.807) is 23.3 Å². The van der Waals surface area contributed by atoms with Gasteiger partial charge in [-0.1, -0.05) is 37.3 Å². The molecule has 8 nitrogen and oxygen atoms in total. The van der Waals surface area contributed by atoms with Crippen LogP contribution in [0.5, 0.6) is 0 Å². The van der Waals surface area contributed by atoms with Crippen molar-refractivity contribution in [2.45, 2.75) is 32.1 Å². The molecule has 32 heavy (non-hydrogen) atoms. The molecule has 0 radical (unpaired) electrons. The number of rotatable bonds is 6. The van der Waals surface area contributed by atoms with Gasteiger partial charge in [-0.05, 0) is 18.1 Å². The molecule has 0 spiro atoms. The second-order valence-corrected chi connectivity index (χ2v) is 7.27. The van der Waals surface area contributed by atoms with Crippen molar-refractivity contribution in [1.82, 2.24) is 29.7 Å². The van der Waals surface area contributed by atoms with E-state index in [4.69, 9.17) is 5.73 Å². The minimum absolute atomic E-state index is 0.0646. The van der Waals surface area contributed by atoms with E-state index >= 15 is 0 Å². The summed E-state index contributed by atoms with van der Waals surface area (Å²) in [6.45, 7) is 1.89. The molecule has 0 aliphatic carbocycles. The summed E-state index contributed by atoms with van der Waals surface area (Å²) in [6, 6.07) is 9.21. The van der Waals surface area contributed by atoms with Crippen molar-refractivity contribution < 1.29 is 18.0 Å². The van der Waals surface area contributed by atoms with Crippen LogP contribution in [0.2, 0.25) is 0 Å². The highest BCUT2D eigenvalue weighted by Crippen LogP contribution is 2.25. The molecule has 0 unspecified atom stereocenters. The number of nitrogens with one attached hydrogen (secondary N) is 1. The van der Waals surface area contributed by atoms with Crippen LogP contribution in [0.15, 0.2) is 55.0 Å². The molecule has 1 amide bonds. The Hall–Kier alpha value is -3.89. The Kier molecular flexibility index (Phi) is 5.56. The predicted octanol–water partition coefficient (Wildman–Crippen LogP) is 3.29. The lowest BCUT2D eigenvalue weighted by Gasteiger charge is -2.20. The Morgan fingerprint density at radius 2 is 1.94 bits per heavy atom. The first-order valence-electron chi connectivity index (χ1n) is 9.85. The molecule has 4 rings (SSSR count). The largest absolute Gasteiger partial charge is 0.408 e. The third kappa shape index (κ3) is 4.41. The van der Waals surface area contributed by atoms with Crippen molar-refractivity contribution in [3.63, 3.8) is 0 Å². The number of benzene rings is 1. The number of fused-ring (bicyclic) bond motifs is 1. The maximum atomic E-state index is 13.2. The fourth-order valence-electron chi connectivity index (χ4n) is 3.35. The van der Waals surface area contributed by atoms with Crippen LogP contribution < -0.4 is 11.1 Å². The average molecular weight is 443 g/mol. The average Bonchev–Trinajstić information content (AvgIpc) is 3.36. The molecule has 11 heteroatoms. The van der Waals surface area contributed by atoms with E-state index in [9.17, 15) is 18.0 Å². The summed E-state index contributed by atoms with van der Waals surface area (Å²) in [7, 11) is 0. The lowest BCUT2D eigenvalue weighted by molar-refractivity contribution is -0.153. The third-order valence-electron chi connectivity index (χ3n) is 4.96. The minimum atomic E-state index is -4.57. The van der Waals surface area contributed by atoms with E-state index in [0.29, 0.717) is 17.7 Å². The van der Waals surface area contributed by atoms with E-state index < -0.39 is 18.1 Å². The minimum Gasteiger partial charge on any atom is -0.366 e. The first kappa shape index (κ1) is 21.3. The van der Waals surface area contributed by atoms with E-state index in [-0.39, 0.29) is 23.6 Å². The van der Waals surface area contributed by atoms with E-state index in [1.807, 2.05) is 35.6 Å². The van der Waals surface area contributed by atoms with Crippen molar-refractivity contribution in [3.8, 4) is 11.1 Å². The van der Waals surface area contributed by atoms with Gasteiger partial charge in [0.25, 0.3) is 5.91 Å². The summed E-state index contributed by atoms with van der Waals surface area (Å²) in [5.41, 5.74) is 7.92. The standard InChI is InChI=1S/C21H20F3N7O/c1-2-17(21(22,23)24)27-19(32)16-8-14(12-31-18(16)28-20(25)29-31)15-9-26-30(11-15)10-13-6-4-3-5-7-13/h3-9,11-12,17H,2,10H2,1H3,(H2,25,29)(H,27,32)/t17-/m0/s1. The zero-order valence-corrected chi connectivity index (χ0v) is 17.0. The van der Waals surface area contributed by atoms with Gasteiger partial charge < -0.3 is 11.1 Å². The van der Waals surface area contributed by atoms with E-state index in [1.165, 1.54) is 17.5 Å². The fraction of sp³-hybridized carbons (Fsp3) is 0.238. The number of hydrogen-bond acceptors (Lipinski definition) is 5. The fourth-order valence-corrected chi connectivity index (χ4v) is 3.35. The van der Waals surface area contributed by atoms with Gasteiger partial charge in [0.05, 0.1) is 18.3 Å². The zero-order valence-electron chi connectivity index (χ0n) is 17.0. The number of nitrogens with two attached hydrogens (primary N) is 1. The zero-order chi connectivity index (χ0) is 22.9. The molecule has 0 saturated carbocycles. The summed E-state index contributed by atoms with van der Waals surface area (Å²) in [5, 5.41) is 10.4. The van der Waals surface area contributed by atoms with Gasteiger partial charge in [0.1, 0.15) is 6.04 Å². The predicted molar refractivity (Wildman–Crippen MR) is 112 cm³/mol. The number of carbonyl (C=O) groups is 1. The van der Waals surface area contributed by atoms with Crippen LogP contribution in [0.1, 0.15) is 29.3 Å². The molecule has 3 aromatic heterocycles. The summed E-state index contributed by atoms with van der Waals surface area (Å²) >= 11 is 0. The SMILES string of the molecule is CC[C@H](NC(=O)c1cc(-c2cnn(Cc3ccccc3)c2)cn2nc(N)nc12)C(F)(F)F. The van der Waals surface area contributed by atoms with E-state index in [2.05, 4.69) is 15.2 Å². The van der Waals surface area contributed by atoms with Gasteiger partial charge in [-0.15, -0.1) is 5.10 Å². The number of pyridine rings is 1. The molecule has 1 atom stereocenters. The van der Waals surface area contributed by atoms with E-state index in [0.717, 1.165) is 5.56 Å². The highest BCUT2D eigenvalue weighted by Gasteiger charge is 2.39. The van der Waals surface area contributed by atoms with Crippen molar-refractivity contribution in [3.05, 3.63) is 66.1 Å². The molecule has 166 valence electrons. The first-order chi connectivity index (χ1) is 15.2. The Morgan fingerprint density at radius 3 is 2.62 bits per heavy atom. The Labute approximate surface area is 180 Å². The molecule has 3 N–H and O–H groups in total. The highest BCUT2D eigenvalue weighted by atomic mass is 19.4.